The van der Waals surface area contributed by atoms with Crippen molar-refractivity contribution in [3.8, 4) is 5.75 Å². The van der Waals surface area contributed by atoms with Crippen LogP contribution < -0.4 is 4.74 Å². The molecule has 1 heterocycles. The van der Waals surface area contributed by atoms with Crippen LogP contribution in [0.1, 0.15) is 12.8 Å². The van der Waals surface area contributed by atoms with E-state index in [2.05, 4.69) is 11.6 Å². The van der Waals surface area contributed by atoms with Gasteiger partial charge in [0, 0.05) is 12.6 Å². The molecule has 0 aliphatic heterocycles. The van der Waals surface area contributed by atoms with E-state index in [0.29, 0.717) is 18.6 Å². The lowest BCUT2D eigenvalue weighted by atomic mass is 10.3. The third-order valence-electron chi connectivity index (χ3n) is 1.42. The molecule has 3 nitrogen and oxygen atoms in total. The third kappa shape index (κ3) is 3.51. The van der Waals surface area contributed by atoms with Gasteiger partial charge in [-0.05, 0) is 18.6 Å². The van der Waals surface area contributed by atoms with Crippen LogP contribution in [0.5, 0.6) is 5.75 Å². The van der Waals surface area contributed by atoms with Crippen LogP contribution in [0.4, 0.5) is 0 Å². The summed E-state index contributed by atoms with van der Waals surface area (Å²) in [5.74, 6) is 0.226. The van der Waals surface area contributed by atoms with Crippen LogP contribution in [0.25, 0.3) is 0 Å². The number of carbonyl (C=O) groups excluding carboxylic acids is 1. The number of nitrogens with zero attached hydrogens (tertiary/aromatic N) is 1. The summed E-state index contributed by atoms with van der Waals surface area (Å²) in [5.41, 5.74) is 0. The average Bonchev–Trinajstić information content (AvgIpc) is 2.16. The molecule has 0 unspecified atom stereocenters. The molecule has 0 atom stereocenters. The standard InChI is InChI=1S/C10H11NO2/c1-2-3-6-10(12)13-9-5-4-7-11-8-9/h2,4-5,7-8H,1,3,6H2. The molecule has 0 saturated carbocycles. The van der Waals surface area contributed by atoms with Crippen LogP contribution in [0.3, 0.4) is 0 Å². The Kier molecular flexibility index (Phi) is 3.70. The number of esters is 1. The summed E-state index contributed by atoms with van der Waals surface area (Å²) in [4.78, 5) is 14.9. The van der Waals surface area contributed by atoms with E-state index in [9.17, 15) is 4.79 Å². The largest absolute Gasteiger partial charge is 0.425 e. The number of pyridine rings is 1. The fraction of sp³-hybridized carbons (Fsp3) is 0.200. The van der Waals surface area contributed by atoms with Crippen molar-refractivity contribution in [1.29, 1.82) is 0 Å². The summed E-state index contributed by atoms with van der Waals surface area (Å²) in [7, 11) is 0. The lowest BCUT2D eigenvalue weighted by molar-refractivity contribution is -0.134. The number of hydrogen-bond donors (Lipinski definition) is 0. The van der Waals surface area contributed by atoms with E-state index in [1.165, 1.54) is 6.20 Å². The molecule has 0 aliphatic carbocycles. The molecule has 0 saturated heterocycles. The quantitative estimate of drug-likeness (QED) is 0.521. The van der Waals surface area contributed by atoms with Gasteiger partial charge in [-0.3, -0.25) is 9.78 Å². The SMILES string of the molecule is C=CCCC(=O)Oc1cccnc1. The number of ether oxygens (including phenoxy) is 1. The van der Waals surface area contributed by atoms with E-state index in [-0.39, 0.29) is 5.97 Å². The van der Waals surface area contributed by atoms with E-state index in [4.69, 9.17) is 4.74 Å². The van der Waals surface area contributed by atoms with Crippen LogP contribution in [0.2, 0.25) is 0 Å². The van der Waals surface area contributed by atoms with E-state index >= 15 is 0 Å². The minimum atomic E-state index is -0.257. The second kappa shape index (κ2) is 5.09. The summed E-state index contributed by atoms with van der Waals surface area (Å²) >= 11 is 0. The molecule has 0 bridgehead atoms. The van der Waals surface area contributed by atoms with E-state index < -0.39 is 0 Å². The first kappa shape index (κ1) is 9.45. The molecule has 0 N–H and O–H groups in total. The van der Waals surface area contributed by atoms with Crippen LogP contribution in [0.15, 0.2) is 37.2 Å². The van der Waals surface area contributed by atoms with Crippen LogP contribution in [0, 0.1) is 0 Å². The predicted octanol–water partition coefficient (Wildman–Crippen LogP) is 1.95. The monoisotopic (exact) mass is 177 g/mol. The van der Waals surface area contributed by atoms with Gasteiger partial charge in [-0.1, -0.05) is 6.08 Å². The van der Waals surface area contributed by atoms with Crippen LogP contribution >= 0.6 is 0 Å². The van der Waals surface area contributed by atoms with Crippen molar-refractivity contribution in [3.05, 3.63) is 37.2 Å². The van der Waals surface area contributed by atoms with Gasteiger partial charge in [0.05, 0.1) is 6.20 Å². The van der Waals surface area contributed by atoms with Crippen molar-refractivity contribution in [2.75, 3.05) is 0 Å². The van der Waals surface area contributed by atoms with Gasteiger partial charge in [-0.25, -0.2) is 0 Å². The van der Waals surface area contributed by atoms with Gasteiger partial charge < -0.3 is 4.74 Å². The molecule has 13 heavy (non-hydrogen) atoms. The number of carbonyl (C=O) groups is 1. The normalized spacial score (nSPS) is 9.23. The number of rotatable bonds is 4. The van der Waals surface area contributed by atoms with Gasteiger partial charge >= 0.3 is 5.97 Å². The Hall–Kier alpha value is -1.64. The first-order valence-electron chi connectivity index (χ1n) is 4.04. The van der Waals surface area contributed by atoms with Crippen molar-refractivity contribution in [1.82, 2.24) is 4.98 Å². The van der Waals surface area contributed by atoms with Gasteiger partial charge in [0.2, 0.25) is 0 Å². The molecule has 0 amide bonds. The first-order chi connectivity index (χ1) is 6.33. The molecule has 0 radical (unpaired) electrons. The maximum absolute atomic E-state index is 11.1. The molecule has 0 spiro atoms. The zero-order valence-electron chi connectivity index (χ0n) is 7.27. The van der Waals surface area contributed by atoms with E-state index in [1.807, 2.05) is 0 Å². The average molecular weight is 177 g/mol. The summed E-state index contributed by atoms with van der Waals surface area (Å²) in [6.07, 6.45) is 5.81. The Morgan fingerprint density at radius 3 is 3.15 bits per heavy atom. The first-order valence-corrected chi connectivity index (χ1v) is 4.04. The predicted molar refractivity (Wildman–Crippen MR) is 49.3 cm³/mol. The summed E-state index contributed by atoms with van der Waals surface area (Å²) < 4.78 is 4.97. The zero-order chi connectivity index (χ0) is 9.52. The molecule has 0 fully saturated rings. The van der Waals surface area contributed by atoms with Crippen molar-refractivity contribution in [2.24, 2.45) is 0 Å². The highest BCUT2D eigenvalue weighted by atomic mass is 16.5. The van der Waals surface area contributed by atoms with Crippen molar-refractivity contribution >= 4 is 5.97 Å². The highest BCUT2D eigenvalue weighted by Gasteiger charge is 2.02. The van der Waals surface area contributed by atoms with Crippen LogP contribution in [-0.2, 0) is 4.79 Å². The molecular weight excluding hydrogens is 166 g/mol. The third-order valence-corrected chi connectivity index (χ3v) is 1.42. The lowest BCUT2D eigenvalue weighted by Gasteiger charge is -2.00. The van der Waals surface area contributed by atoms with Crippen LogP contribution in [-0.4, -0.2) is 11.0 Å². The van der Waals surface area contributed by atoms with Gasteiger partial charge in [-0.15, -0.1) is 6.58 Å². The Morgan fingerprint density at radius 2 is 2.54 bits per heavy atom. The topological polar surface area (TPSA) is 39.2 Å². The molecule has 3 heteroatoms. The van der Waals surface area contributed by atoms with Gasteiger partial charge in [-0.2, -0.15) is 0 Å². The van der Waals surface area contributed by atoms with Gasteiger partial charge in [0.1, 0.15) is 5.75 Å². The van der Waals surface area contributed by atoms with E-state index in [1.54, 1.807) is 24.4 Å². The fourth-order valence-corrected chi connectivity index (χ4v) is 0.810. The zero-order valence-corrected chi connectivity index (χ0v) is 7.27. The second-order valence-electron chi connectivity index (χ2n) is 2.49. The molecule has 1 aromatic heterocycles. The molecule has 68 valence electrons. The molecular formula is C10H11NO2. The molecule has 1 aromatic rings. The smallest absolute Gasteiger partial charge is 0.311 e. The minimum absolute atomic E-state index is 0.257. The van der Waals surface area contributed by atoms with Gasteiger partial charge in [0.25, 0.3) is 0 Å². The Labute approximate surface area is 77.1 Å². The Bertz CT molecular complexity index is 282. The number of hydrogen-bond acceptors (Lipinski definition) is 3. The Morgan fingerprint density at radius 1 is 1.69 bits per heavy atom. The maximum atomic E-state index is 11.1. The van der Waals surface area contributed by atoms with E-state index in [0.717, 1.165) is 0 Å². The second-order valence-corrected chi connectivity index (χ2v) is 2.49. The van der Waals surface area contributed by atoms with Crippen molar-refractivity contribution < 1.29 is 9.53 Å². The molecule has 0 aromatic carbocycles. The highest BCUT2D eigenvalue weighted by Crippen LogP contribution is 2.07. The van der Waals surface area contributed by atoms with Gasteiger partial charge in [0.15, 0.2) is 0 Å². The maximum Gasteiger partial charge on any atom is 0.311 e. The van der Waals surface area contributed by atoms with Crippen molar-refractivity contribution in [2.45, 2.75) is 12.8 Å². The minimum Gasteiger partial charge on any atom is -0.425 e. The molecule has 0 aliphatic rings. The number of allylic oxidation sites excluding steroid dienone is 1. The highest BCUT2D eigenvalue weighted by molar-refractivity contribution is 5.72. The Balaban J connectivity index is 2.41. The summed E-state index contributed by atoms with van der Waals surface area (Å²) in [5, 5.41) is 0. The lowest BCUT2D eigenvalue weighted by Crippen LogP contribution is -2.06. The number of aromatic nitrogens is 1. The van der Waals surface area contributed by atoms with Crippen molar-refractivity contribution in [3.63, 3.8) is 0 Å². The molecule has 1 rings (SSSR count). The summed E-state index contributed by atoms with van der Waals surface area (Å²) in [6, 6.07) is 3.41. The fourth-order valence-electron chi connectivity index (χ4n) is 0.810. The summed E-state index contributed by atoms with van der Waals surface area (Å²) in [6.45, 7) is 3.52.